The van der Waals surface area contributed by atoms with Crippen LogP contribution in [0.2, 0.25) is 0 Å². The average Bonchev–Trinajstić information content (AvgIpc) is 2.40. The number of rotatable bonds is 4. The average molecular weight is 252 g/mol. The van der Waals surface area contributed by atoms with E-state index in [2.05, 4.69) is 4.74 Å². The molecule has 0 spiro atoms. The zero-order valence-electron chi connectivity index (χ0n) is 9.98. The largest absolute Gasteiger partial charge is 0.349 e. The third-order valence-electron chi connectivity index (χ3n) is 2.86. The minimum absolute atomic E-state index is 0.258. The smallest absolute Gasteiger partial charge is 0.347 e. The maximum Gasteiger partial charge on any atom is 0.347 e. The van der Waals surface area contributed by atoms with Crippen LogP contribution in [0.5, 0.6) is 0 Å². The SMILES string of the molecule is COC1(OC(F)F)C=CC(c2ccccc2)=CC1. The first kappa shape index (κ1) is 12.9. The van der Waals surface area contributed by atoms with E-state index in [1.165, 1.54) is 13.2 Å². The van der Waals surface area contributed by atoms with Gasteiger partial charge in [0.1, 0.15) is 0 Å². The van der Waals surface area contributed by atoms with Crippen LogP contribution in [-0.4, -0.2) is 19.5 Å². The molecule has 1 aromatic carbocycles. The van der Waals surface area contributed by atoms with Gasteiger partial charge < -0.3 is 4.74 Å². The summed E-state index contributed by atoms with van der Waals surface area (Å²) in [5, 5.41) is 0. The molecule has 0 saturated heterocycles. The van der Waals surface area contributed by atoms with Crippen LogP contribution in [0.3, 0.4) is 0 Å². The van der Waals surface area contributed by atoms with E-state index in [4.69, 9.17) is 4.74 Å². The molecule has 0 amide bonds. The summed E-state index contributed by atoms with van der Waals surface area (Å²) < 4.78 is 34.2. The summed E-state index contributed by atoms with van der Waals surface area (Å²) in [6.07, 6.45) is 5.36. The Bertz CT molecular complexity index is 454. The lowest BCUT2D eigenvalue weighted by molar-refractivity contribution is -0.279. The molecule has 1 aliphatic carbocycles. The summed E-state index contributed by atoms with van der Waals surface area (Å²) in [4.78, 5) is 0. The van der Waals surface area contributed by atoms with Gasteiger partial charge in [0.2, 0.25) is 0 Å². The summed E-state index contributed by atoms with van der Waals surface area (Å²) in [7, 11) is 1.36. The molecule has 0 fully saturated rings. The van der Waals surface area contributed by atoms with Gasteiger partial charge in [0.25, 0.3) is 0 Å². The second-order valence-electron chi connectivity index (χ2n) is 3.96. The van der Waals surface area contributed by atoms with Gasteiger partial charge in [-0.15, -0.1) is 0 Å². The summed E-state index contributed by atoms with van der Waals surface area (Å²) in [6.45, 7) is -2.86. The van der Waals surface area contributed by atoms with E-state index in [0.29, 0.717) is 0 Å². The molecule has 0 aromatic heterocycles. The van der Waals surface area contributed by atoms with Gasteiger partial charge in [-0.25, -0.2) is 0 Å². The van der Waals surface area contributed by atoms with Crippen molar-refractivity contribution in [3.05, 3.63) is 54.1 Å². The molecule has 1 aliphatic rings. The van der Waals surface area contributed by atoms with Crippen molar-refractivity contribution >= 4 is 5.57 Å². The van der Waals surface area contributed by atoms with E-state index in [0.717, 1.165) is 11.1 Å². The Labute approximate surface area is 105 Å². The third-order valence-corrected chi connectivity index (χ3v) is 2.86. The van der Waals surface area contributed by atoms with E-state index in [-0.39, 0.29) is 6.42 Å². The van der Waals surface area contributed by atoms with Crippen molar-refractivity contribution in [2.75, 3.05) is 7.11 Å². The number of halogens is 2. The lowest BCUT2D eigenvalue weighted by Gasteiger charge is -2.30. The Morgan fingerprint density at radius 3 is 2.44 bits per heavy atom. The predicted octanol–water partition coefficient (Wildman–Crippen LogP) is 3.61. The molecule has 4 heteroatoms. The fourth-order valence-corrected chi connectivity index (χ4v) is 1.89. The first-order valence-corrected chi connectivity index (χ1v) is 5.61. The first-order valence-electron chi connectivity index (χ1n) is 5.61. The van der Waals surface area contributed by atoms with Crippen molar-refractivity contribution in [3.63, 3.8) is 0 Å². The van der Waals surface area contributed by atoms with Crippen LogP contribution in [0.25, 0.3) is 5.57 Å². The Kier molecular flexibility index (Phi) is 3.89. The minimum Gasteiger partial charge on any atom is -0.349 e. The summed E-state index contributed by atoms with van der Waals surface area (Å²) in [5.41, 5.74) is 2.01. The van der Waals surface area contributed by atoms with E-state index >= 15 is 0 Å². The topological polar surface area (TPSA) is 18.5 Å². The second-order valence-corrected chi connectivity index (χ2v) is 3.96. The number of alkyl halides is 2. The molecule has 1 aromatic rings. The molecule has 96 valence electrons. The standard InChI is InChI=1S/C14H14F2O2/c1-17-14(18-13(15)16)9-7-12(8-10-14)11-5-3-2-4-6-11/h2-9,13H,10H2,1H3. The summed E-state index contributed by atoms with van der Waals surface area (Å²) in [6, 6.07) is 9.71. The lowest BCUT2D eigenvalue weighted by atomic mass is 9.96. The maximum absolute atomic E-state index is 12.3. The van der Waals surface area contributed by atoms with Crippen molar-refractivity contribution in [1.29, 1.82) is 0 Å². The molecule has 0 heterocycles. The molecule has 0 radical (unpaired) electrons. The van der Waals surface area contributed by atoms with Crippen LogP contribution in [0.4, 0.5) is 8.78 Å². The normalized spacial score (nSPS) is 23.2. The second kappa shape index (κ2) is 5.42. The molecular formula is C14H14F2O2. The van der Waals surface area contributed by atoms with Crippen LogP contribution in [0, 0.1) is 0 Å². The third kappa shape index (κ3) is 2.83. The monoisotopic (exact) mass is 252 g/mol. The highest BCUT2D eigenvalue weighted by molar-refractivity contribution is 5.75. The molecule has 2 rings (SSSR count). The Balaban J connectivity index is 2.15. The fourth-order valence-electron chi connectivity index (χ4n) is 1.89. The lowest BCUT2D eigenvalue weighted by Crippen LogP contribution is -2.35. The molecule has 0 aliphatic heterocycles. The first-order chi connectivity index (χ1) is 8.65. The van der Waals surface area contributed by atoms with Gasteiger partial charge in [0, 0.05) is 13.5 Å². The van der Waals surface area contributed by atoms with E-state index in [1.807, 2.05) is 36.4 Å². The van der Waals surface area contributed by atoms with Gasteiger partial charge in [-0.3, -0.25) is 4.74 Å². The van der Waals surface area contributed by atoms with Gasteiger partial charge in [-0.1, -0.05) is 42.5 Å². The highest BCUT2D eigenvalue weighted by Gasteiger charge is 2.32. The number of allylic oxidation sites excluding steroid dienone is 2. The molecular weight excluding hydrogens is 238 g/mol. The number of hydrogen-bond donors (Lipinski definition) is 0. The number of methoxy groups -OCH3 is 1. The van der Waals surface area contributed by atoms with Crippen LogP contribution >= 0.6 is 0 Å². The van der Waals surface area contributed by atoms with Crippen molar-refractivity contribution in [2.24, 2.45) is 0 Å². The Hall–Kier alpha value is -1.52. The van der Waals surface area contributed by atoms with E-state index < -0.39 is 12.4 Å². The van der Waals surface area contributed by atoms with Gasteiger partial charge in [0.15, 0.2) is 5.79 Å². The molecule has 0 N–H and O–H groups in total. The predicted molar refractivity (Wildman–Crippen MR) is 65.0 cm³/mol. The Morgan fingerprint density at radius 1 is 1.22 bits per heavy atom. The summed E-state index contributed by atoms with van der Waals surface area (Å²) >= 11 is 0. The zero-order valence-corrected chi connectivity index (χ0v) is 9.98. The quantitative estimate of drug-likeness (QED) is 0.762. The number of ether oxygens (including phenoxy) is 2. The highest BCUT2D eigenvalue weighted by atomic mass is 19.3. The van der Waals surface area contributed by atoms with Crippen LogP contribution in [-0.2, 0) is 9.47 Å². The van der Waals surface area contributed by atoms with Crippen molar-refractivity contribution in [3.8, 4) is 0 Å². The number of hydrogen-bond acceptors (Lipinski definition) is 2. The van der Waals surface area contributed by atoms with Gasteiger partial charge in [0.05, 0.1) is 0 Å². The molecule has 18 heavy (non-hydrogen) atoms. The molecule has 2 nitrogen and oxygen atoms in total. The Morgan fingerprint density at radius 2 is 1.94 bits per heavy atom. The van der Waals surface area contributed by atoms with Crippen molar-refractivity contribution < 1.29 is 18.3 Å². The minimum atomic E-state index is -2.86. The number of benzene rings is 1. The van der Waals surface area contributed by atoms with E-state index in [1.54, 1.807) is 6.08 Å². The molecule has 0 bridgehead atoms. The fraction of sp³-hybridized carbons (Fsp3) is 0.286. The van der Waals surface area contributed by atoms with Crippen molar-refractivity contribution in [1.82, 2.24) is 0 Å². The van der Waals surface area contributed by atoms with Crippen LogP contribution < -0.4 is 0 Å². The molecule has 0 saturated carbocycles. The van der Waals surface area contributed by atoms with Crippen LogP contribution in [0.1, 0.15) is 12.0 Å². The highest BCUT2D eigenvalue weighted by Crippen LogP contribution is 2.31. The van der Waals surface area contributed by atoms with Gasteiger partial charge in [-0.2, -0.15) is 8.78 Å². The maximum atomic E-state index is 12.3. The van der Waals surface area contributed by atoms with Gasteiger partial charge >= 0.3 is 6.61 Å². The van der Waals surface area contributed by atoms with Crippen molar-refractivity contribution in [2.45, 2.75) is 18.8 Å². The molecule has 1 atom stereocenters. The summed E-state index contributed by atoms with van der Waals surface area (Å²) in [5.74, 6) is -1.35. The zero-order chi connectivity index (χ0) is 13.0. The molecule has 1 unspecified atom stereocenters. The van der Waals surface area contributed by atoms with Gasteiger partial charge in [-0.05, 0) is 17.2 Å². The van der Waals surface area contributed by atoms with Crippen LogP contribution in [0.15, 0.2) is 48.6 Å². The van der Waals surface area contributed by atoms with E-state index in [9.17, 15) is 8.78 Å².